The van der Waals surface area contributed by atoms with Crippen molar-refractivity contribution in [3.05, 3.63) is 59.2 Å². The molecule has 1 unspecified atom stereocenters. The molecule has 1 heterocycles. The van der Waals surface area contributed by atoms with Gasteiger partial charge < -0.3 is 14.4 Å². The third kappa shape index (κ3) is 3.80. The monoisotopic (exact) mass is 384 g/mol. The van der Waals surface area contributed by atoms with Crippen molar-refractivity contribution in [1.29, 1.82) is 0 Å². The van der Waals surface area contributed by atoms with Crippen LogP contribution in [0.15, 0.2) is 42.5 Å². The lowest BCUT2D eigenvalue weighted by molar-refractivity contribution is -0.160. The van der Waals surface area contributed by atoms with Gasteiger partial charge in [0, 0.05) is 19.2 Å². The van der Waals surface area contributed by atoms with Crippen LogP contribution in [0.3, 0.4) is 0 Å². The van der Waals surface area contributed by atoms with Crippen molar-refractivity contribution in [3.63, 3.8) is 0 Å². The molecule has 2 aromatic rings. The Hall–Kier alpha value is -3.06. The van der Waals surface area contributed by atoms with Crippen molar-refractivity contribution in [2.45, 2.75) is 25.9 Å². The van der Waals surface area contributed by atoms with E-state index in [1.807, 2.05) is 31.2 Å². The van der Waals surface area contributed by atoms with Gasteiger partial charge in [0.15, 0.2) is 11.5 Å². The highest BCUT2D eigenvalue weighted by Crippen LogP contribution is 2.37. The second-order valence-electron chi connectivity index (χ2n) is 6.57. The van der Waals surface area contributed by atoms with Gasteiger partial charge in [0.05, 0.1) is 26.2 Å². The summed E-state index contributed by atoms with van der Waals surface area (Å²) < 4.78 is 11.0. The Kier molecular flexibility index (Phi) is 5.84. The van der Waals surface area contributed by atoms with Gasteiger partial charge in [-0.3, -0.25) is 14.8 Å². The molecule has 1 aliphatic heterocycles. The van der Waals surface area contributed by atoms with Gasteiger partial charge in [0.2, 0.25) is 5.91 Å². The molecule has 0 saturated carbocycles. The number of hydrogen-bond donors (Lipinski definition) is 1. The molecule has 3 rings (SSSR count). The lowest BCUT2D eigenvalue weighted by atomic mass is 10.0. The Balaban J connectivity index is 2.00. The molecule has 7 nitrogen and oxygen atoms in total. The fourth-order valence-electron chi connectivity index (χ4n) is 3.40. The number of hydroxylamine groups is 2. The molecule has 0 fully saturated rings. The van der Waals surface area contributed by atoms with Gasteiger partial charge in [-0.15, -0.1) is 0 Å². The second-order valence-corrected chi connectivity index (χ2v) is 6.57. The summed E-state index contributed by atoms with van der Waals surface area (Å²) in [5, 5.41) is 10.1. The highest BCUT2D eigenvalue weighted by Gasteiger charge is 2.35. The van der Waals surface area contributed by atoms with E-state index in [9.17, 15) is 14.8 Å². The largest absolute Gasteiger partial charge is 0.493 e. The van der Waals surface area contributed by atoms with Crippen LogP contribution in [0.5, 0.6) is 11.5 Å². The zero-order valence-electron chi connectivity index (χ0n) is 16.2. The number of rotatable bonds is 7. The number of ether oxygens (including phenoxy) is 2. The summed E-state index contributed by atoms with van der Waals surface area (Å²) in [6.45, 7) is 2.73. The molecule has 0 radical (unpaired) electrons. The van der Waals surface area contributed by atoms with Crippen LogP contribution in [-0.2, 0) is 11.3 Å². The summed E-state index contributed by atoms with van der Waals surface area (Å²) in [5.74, 6) is 0.498. The van der Waals surface area contributed by atoms with Crippen molar-refractivity contribution < 1.29 is 24.3 Å². The van der Waals surface area contributed by atoms with Crippen LogP contribution in [0.25, 0.3) is 0 Å². The fraction of sp³-hybridized carbons (Fsp3) is 0.333. The first kappa shape index (κ1) is 19.7. The maximum Gasteiger partial charge on any atom is 0.255 e. The number of amides is 2. The van der Waals surface area contributed by atoms with E-state index in [-0.39, 0.29) is 12.3 Å². The first-order valence-corrected chi connectivity index (χ1v) is 9.11. The smallest absolute Gasteiger partial charge is 0.255 e. The van der Waals surface area contributed by atoms with E-state index in [4.69, 9.17) is 9.47 Å². The SMILES string of the molecule is CCOc1cc(C(CC(=O)N(C)O)N2Cc3ccccc3C2=O)ccc1OC. The van der Waals surface area contributed by atoms with Gasteiger partial charge >= 0.3 is 0 Å². The van der Waals surface area contributed by atoms with Gasteiger partial charge in [0.1, 0.15) is 0 Å². The van der Waals surface area contributed by atoms with Crippen LogP contribution < -0.4 is 9.47 Å². The summed E-state index contributed by atoms with van der Waals surface area (Å²) >= 11 is 0. The van der Waals surface area contributed by atoms with Crippen LogP contribution in [-0.4, -0.2) is 47.7 Å². The molecule has 2 aromatic carbocycles. The van der Waals surface area contributed by atoms with Crippen LogP contribution in [0.2, 0.25) is 0 Å². The van der Waals surface area contributed by atoms with Crippen molar-refractivity contribution in [2.24, 2.45) is 0 Å². The van der Waals surface area contributed by atoms with E-state index in [1.54, 1.807) is 30.2 Å². The number of methoxy groups -OCH3 is 1. The Bertz CT molecular complexity index is 881. The highest BCUT2D eigenvalue weighted by molar-refractivity contribution is 5.98. The Labute approximate surface area is 164 Å². The zero-order chi connectivity index (χ0) is 20.3. The normalized spacial score (nSPS) is 13.9. The fourth-order valence-corrected chi connectivity index (χ4v) is 3.40. The average Bonchev–Trinajstić information content (AvgIpc) is 3.02. The molecular weight excluding hydrogens is 360 g/mol. The Morgan fingerprint density at radius 2 is 2.00 bits per heavy atom. The predicted octanol–water partition coefficient (Wildman–Crippen LogP) is 3.03. The number of benzene rings is 2. The average molecular weight is 384 g/mol. The molecule has 7 heteroatoms. The van der Waals surface area contributed by atoms with E-state index in [2.05, 4.69) is 0 Å². The van der Waals surface area contributed by atoms with Crippen molar-refractivity contribution in [1.82, 2.24) is 9.96 Å². The minimum absolute atomic E-state index is 0.0510. The zero-order valence-corrected chi connectivity index (χ0v) is 16.2. The minimum atomic E-state index is -0.549. The lowest BCUT2D eigenvalue weighted by Crippen LogP contribution is -2.34. The maximum absolute atomic E-state index is 13.0. The summed E-state index contributed by atoms with van der Waals surface area (Å²) in [4.78, 5) is 26.9. The molecule has 0 saturated heterocycles. The first-order chi connectivity index (χ1) is 13.5. The van der Waals surface area contributed by atoms with Gasteiger partial charge in [-0.1, -0.05) is 24.3 Å². The van der Waals surface area contributed by atoms with Crippen LogP contribution >= 0.6 is 0 Å². The summed E-state index contributed by atoms with van der Waals surface area (Å²) in [7, 11) is 2.83. The van der Waals surface area contributed by atoms with E-state index in [0.29, 0.717) is 35.3 Å². The minimum Gasteiger partial charge on any atom is -0.493 e. The first-order valence-electron chi connectivity index (χ1n) is 9.11. The van der Waals surface area contributed by atoms with Gasteiger partial charge in [-0.25, -0.2) is 5.06 Å². The predicted molar refractivity (Wildman–Crippen MR) is 102 cm³/mol. The summed E-state index contributed by atoms with van der Waals surface area (Å²) in [6.07, 6.45) is -0.0510. The number of nitrogens with zero attached hydrogens (tertiary/aromatic N) is 2. The van der Waals surface area contributed by atoms with Crippen LogP contribution in [0.1, 0.15) is 40.9 Å². The number of fused-ring (bicyclic) bond motifs is 1. The molecular formula is C21H24N2O5. The third-order valence-electron chi connectivity index (χ3n) is 4.83. The van der Waals surface area contributed by atoms with E-state index < -0.39 is 11.9 Å². The van der Waals surface area contributed by atoms with E-state index >= 15 is 0 Å². The summed E-state index contributed by atoms with van der Waals surface area (Å²) in [6, 6.07) is 12.2. The quantitative estimate of drug-likeness (QED) is 0.586. The lowest BCUT2D eigenvalue weighted by Gasteiger charge is -2.29. The van der Waals surface area contributed by atoms with Gasteiger partial charge in [-0.05, 0) is 36.2 Å². The standard InChI is InChI=1S/C21H24N2O5/c1-4-28-19-11-14(9-10-18(19)27-3)17(12-20(24)22(2)26)23-13-15-7-5-6-8-16(15)21(23)25/h5-11,17,26H,4,12-13H2,1-3H3. The molecule has 0 spiro atoms. The van der Waals surface area contributed by atoms with E-state index in [1.165, 1.54) is 7.05 Å². The molecule has 28 heavy (non-hydrogen) atoms. The topological polar surface area (TPSA) is 79.3 Å². The Morgan fingerprint density at radius 1 is 1.25 bits per heavy atom. The number of carbonyl (C=O) groups is 2. The molecule has 148 valence electrons. The maximum atomic E-state index is 13.0. The summed E-state index contributed by atoms with van der Waals surface area (Å²) in [5.41, 5.74) is 2.29. The molecule has 0 bridgehead atoms. The van der Waals surface area contributed by atoms with Gasteiger partial charge in [-0.2, -0.15) is 0 Å². The number of hydrogen-bond acceptors (Lipinski definition) is 5. The van der Waals surface area contributed by atoms with Crippen molar-refractivity contribution in [2.75, 3.05) is 20.8 Å². The Morgan fingerprint density at radius 3 is 2.64 bits per heavy atom. The third-order valence-corrected chi connectivity index (χ3v) is 4.83. The highest BCUT2D eigenvalue weighted by atomic mass is 16.5. The molecule has 0 aromatic heterocycles. The molecule has 1 atom stereocenters. The second kappa shape index (κ2) is 8.31. The molecule has 1 N–H and O–H groups in total. The van der Waals surface area contributed by atoms with Gasteiger partial charge in [0.25, 0.3) is 5.91 Å². The van der Waals surface area contributed by atoms with Crippen molar-refractivity contribution >= 4 is 11.8 Å². The van der Waals surface area contributed by atoms with Crippen molar-refractivity contribution in [3.8, 4) is 11.5 Å². The number of carbonyl (C=O) groups excluding carboxylic acids is 2. The van der Waals surface area contributed by atoms with E-state index in [0.717, 1.165) is 11.1 Å². The molecule has 1 aliphatic rings. The molecule has 0 aliphatic carbocycles. The van der Waals surface area contributed by atoms with Crippen LogP contribution in [0.4, 0.5) is 0 Å². The molecule has 2 amide bonds. The van der Waals surface area contributed by atoms with Crippen LogP contribution in [0, 0.1) is 0 Å².